The van der Waals surface area contributed by atoms with Crippen molar-refractivity contribution in [2.24, 2.45) is 11.7 Å². The Hall–Kier alpha value is -2.08. The second-order valence-electron chi connectivity index (χ2n) is 8.09. The Kier molecular flexibility index (Phi) is 6.94. The maximum Gasteiger partial charge on any atom is 0.226 e. The Labute approximate surface area is 167 Å². The van der Waals surface area contributed by atoms with Gasteiger partial charge < -0.3 is 20.7 Å². The molecule has 1 aromatic rings. The molecule has 6 heteroatoms. The number of nitrogens with one attached hydrogen (secondary N) is 1. The van der Waals surface area contributed by atoms with Gasteiger partial charge in [-0.25, -0.2) is 0 Å². The summed E-state index contributed by atoms with van der Waals surface area (Å²) in [5.74, 6) is 0.481. The lowest BCUT2D eigenvalue weighted by Crippen LogP contribution is -2.44. The quantitative estimate of drug-likeness (QED) is 0.753. The molecule has 1 heterocycles. The molecule has 0 aromatic heterocycles. The number of carbonyl (C=O) groups excluding carboxylic acids is 2. The fourth-order valence-electron chi connectivity index (χ4n) is 4.40. The van der Waals surface area contributed by atoms with Crippen LogP contribution in [-0.2, 0) is 9.59 Å². The van der Waals surface area contributed by atoms with Crippen LogP contribution in [-0.4, -0.2) is 42.5 Å². The first-order valence-corrected chi connectivity index (χ1v) is 10.5. The zero-order valence-electron chi connectivity index (χ0n) is 17.0. The zero-order valence-corrected chi connectivity index (χ0v) is 17.0. The van der Waals surface area contributed by atoms with Crippen molar-refractivity contribution in [1.82, 2.24) is 10.2 Å². The van der Waals surface area contributed by atoms with E-state index in [4.69, 9.17) is 10.5 Å². The van der Waals surface area contributed by atoms with Crippen molar-refractivity contribution in [2.45, 2.75) is 70.0 Å². The lowest BCUT2D eigenvalue weighted by molar-refractivity contribution is -0.129. The van der Waals surface area contributed by atoms with Crippen LogP contribution in [0.5, 0.6) is 5.75 Å². The molecule has 2 unspecified atom stereocenters. The summed E-state index contributed by atoms with van der Waals surface area (Å²) >= 11 is 0. The molecular formula is C22H33N3O3. The van der Waals surface area contributed by atoms with E-state index in [0.29, 0.717) is 6.54 Å². The predicted molar refractivity (Wildman–Crippen MR) is 109 cm³/mol. The lowest BCUT2D eigenvalue weighted by Gasteiger charge is -2.31. The fourth-order valence-corrected chi connectivity index (χ4v) is 4.40. The SMILES string of the molecule is CCCCN1C(=O)CC(C(=O)NC2CCC(N)CC2)C1c1ccc(OC)cc1. The minimum Gasteiger partial charge on any atom is -0.497 e. The minimum atomic E-state index is -0.353. The number of rotatable bonds is 7. The van der Waals surface area contributed by atoms with E-state index in [1.165, 1.54) is 0 Å². The third-order valence-electron chi connectivity index (χ3n) is 6.10. The van der Waals surface area contributed by atoms with Gasteiger partial charge >= 0.3 is 0 Å². The number of hydrogen-bond acceptors (Lipinski definition) is 4. The minimum absolute atomic E-state index is 0.00589. The van der Waals surface area contributed by atoms with Gasteiger partial charge in [-0.15, -0.1) is 0 Å². The highest BCUT2D eigenvalue weighted by atomic mass is 16.5. The maximum absolute atomic E-state index is 13.1. The highest BCUT2D eigenvalue weighted by Gasteiger charge is 2.44. The van der Waals surface area contributed by atoms with Gasteiger partial charge in [0.2, 0.25) is 11.8 Å². The van der Waals surface area contributed by atoms with Crippen molar-refractivity contribution in [3.8, 4) is 5.75 Å². The summed E-state index contributed by atoms with van der Waals surface area (Å²) in [5.41, 5.74) is 6.97. The number of likely N-dealkylation sites (tertiary alicyclic amines) is 1. The van der Waals surface area contributed by atoms with E-state index >= 15 is 0 Å². The molecule has 6 nitrogen and oxygen atoms in total. The Morgan fingerprint density at radius 3 is 2.50 bits per heavy atom. The normalized spacial score (nSPS) is 27.7. The molecular weight excluding hydrogens is 354 g/mol. The molecule has 1 saturated heterocycles. The average Bonchev–Trinajstić information content (AvgIpc) is 3.04. The van der Waals surface area contributed by atoms with Gasteiger partial charge in [-0.05, 0) is 49.8 Å². The Bertz CT molecular complexity index is 668. The summed E-state index contributed by atoms with van der Waals surface area (Å²) < 4.78 is 5.26. The summed E-state index contributed by atoms with van der Waals surface area (Å²) in [7, 11) is 1.63. The second-order valence-corrected chi connectivity index (χ2v) is 8.09. The van der Waals surface area contributed by atoms with Crippen LogP contribution in [0.2, 0.25) is 0 Å². The molecule has 0 spiro atoms. The molecule has 1 saturated carbocycles. The van der Waals surface area contributed by atoms with E-state index in [-0.39, 0.29) is 42.3 Å². The van der Waals surface area contributed by atoms with Gasteiger partial charge in [0.15, 0.2) is 0 Å². The fraction of sp³-hybridized carbons (Fsp3) is 0.636. The van der Waals surface area contributed by atoms with Gasteiger partial charge in [0.05, 0.1) is 19.1 Å². The highest BCUT2D eigenvalue weighted by Crippen LogP contribution is 2.39. The number of benzene rings is 1. The van der Waals surface area contributed by atoms with Gasteiger partial charge in [-0.2, -0.15) is 0 Å². The van der Waals surface area contributed by atoms with Crippen LogP contribution in [0.15, 0.2) is 24.3 Å². The molecule has 0 radical (unpaired) electrons. The zero-order chi connectivity index (χ0) is 20.1. The molecule has 3 N–H and O–H groups in total. The Morgan fingerprint density at radius 1 is 1.21 bits per heavy atom. The van der Waals surface area contributed by atoms with Crippen molar-refractivity contribution in [3.63, 3.8) is 0 Å². The Morgan fingerprint density at radius 2 is 1.89 bits per heavy atom. The first kappa shape index (κ1) is 20.6. The Balaban J connectivity index is 1.78. The summed E-state index contributed by atoms with van der Waals surface area (Å²) in [5, 5.41) is 3.20. The summed E-state index contributed by atoms with van der Waals surface area (Å²) in [6, 6.07) is 7.94. The lowest BCUT2D eigenvalue weighted by atomic mass is 9.89. The molecule has 0 bridgehead atoms. The molecule has 3 rings (SSSR count). The monoisotopic (exact) mass is 387 g/mol. The smallest absolute Gasteiger partial charge is 0.226 e. The number of hydrogen-bond donors (Lipinski definition) is 2. The summed E-state index contributed by atoms with van der Waals surface area (Å²) in [6.45, 7) is 2.80. The standard InChI is InChI=1S/C22H33N3O3/c1-3-4-13-25-20(26)14-19(21(25)15-5-11-18(28-2)12-6-15)22(27)24-17-9-7-16(23)8-10-17/h5-6,11-12,16-17,19,21H,3-4,7-10,13-14,23H2,1-2H3,(H,24,27). The number of methoxy groups -OCH3 is 1. The number of nitrogens with two attached hydrogens (primary N) is 1. The molecule has 1 aromatic carbocycles. The predicted octanol–water partition coefficient (Wildman–Crippen LogP) is 2.77. The third kappa shape index (κ3) is 4.66. The van der Waals surface area contributed by atoms with E-state index in [1.807, 2.05) is 29.2 Å². The number of amides is 2. The van der Waals surface area contributed by atoms with Gasteiger partial charge in [-0.1, -0.05) is 25.5 Å². The van der Waals surface area contributed by atoms with Crippen molar-refractivity contribution in [1.29, 1.82) is 0 Å². The second kappa shape index (κ2) is 9.41. The third-order valence-corrected chi connectivity index (χ3v) is 6.10. The molecule has 154 valence electrons. The van der Waals surface area contributed by atoms with Crippen LogP contribution in [0.1, 0.15) is 63.5 Å². The van der Waals surface area contributed by atoms with E-state index in [1.54, 1.807) is 7.11 Å². The first-order chi connectivity index (χ1) is 13.5. The average molecular weight is 388 g/mol. The van der Waals surface area contributed by atoms with Crippen LogP contribution in [0.25, 0.3) is 0 Å². The molecule has 2 amide bonds. The molecule has 2 atom stereocenters. The van der Waals surface area contributed by atoms with Gasteiger partial charge in [0.25, 0.3) is 0 Å². The largest absolute Gasteiger partial charge is 0.497 e. The topological polar surface area (TPSA) is 84.7 Å². The van der Waals surface area contributed by atoms with Crippen molar-refractivity contribution >= 4 is 11.8 Å². The van der Waals surface area contributed by atoms with Crippen LogP contribution in [0.3, 0.4) is 0 Å². The maximum atomic E-state index is 13.1. The molecule has 1 aliphatic heterocycles. The van der Waals surface area contributed by atoms with Crippen molar-refractivity contribution in [3.05, 3.63) is 29.8 Å². The van der Waals surface area contributed by atoms with Crippen molar-refractivity contribution in [2.75, 3.05) is 13.7 Å². The number of carbonyl (C=O) groups is 2. The highest BCUT2D eigenvalue weighted by molar-refractivity contribution is 5.90. The van der Waals surface area contributed by atoms with E-state index in [0.717, 1.165) is 49.8 Å². The van der Waals surface area contributed by atoms with E-state index in [9.17, 15) is 9.59 Å². The van der Waals surface area contributed by atoms with Crippen LogP contribution >= 0.6 is 0 Å². The molecule has 2 aliphatic rings. The molecule has 2 fully saturated rings. The summed E-state index contributed by atoms with van der Waals surface area (Å²) in [6.07, 6.45) is 5.95. The number of nitrogens with zero attached hydrogens (tertiary/aromatic N) is 1. The number of unbranched alkanes of at least 4 members (excludes halogenated alkanes) is 1. The number of ether oxygens (including phenoxy) is 1. The molecule has 1 aliphatic carbocycles. The van der Waals surface area contributed by atoms with Gasteiger partial charge in [0, 0.05) is 25.0 Å². The van der Waals surface area contributed by atoms with Gasteiger partial charge in [0.1, 0.15) is 5.75 Å². The van der Waals surface area contributed by atoms with Crippen LogP contribution in [0.4, 0.5) is 0 Å². The van der Waals surface area contributed by atoms with Crippen LogP contribution in [0, 0.1) is 5.92 Å². The van der Waals surface area contributed by atoms with Crippen molar-refractivity contribution < 1.29 is 14.3 Å². The van der Waals surface area contributed by atoms with Crippen LogP contribution < -0.4 is 15.8 Å². The molecule has 28 heavy (non-hydrogen) atoms. The van der Waals surface area contributed by atoms with Gasteiger partial charge in [-0.3, -0.25) is 9.59 Å². The summed E-state index contributed by atoms with van der Waals surface area (Å²) in [4.78, 5) is 27.8. The van der Waals surface area contributed by atoms with E-state index < -0.39 is 0 Å². The first-order valence-electron chi connectivity index (χ1n) is 10.5. The van der Waals surface area contributed by atoms with E-state index in [2.05, 4.69) is 12.2 Å².